The number of hydrogen-bond donors (Lipinski definition) is 2. The van der Waals surface area contributed by atoms with Gasteiger partial charge < -0.3 is 10.5 Å². The standard InChI is InChI=1S/C21H17N5O4/c1-12-5-7-13(8-6-12)20-23-19(17(22)11-27)16-10-18(28)25(21(16)24-20)14-3-2-4-15(9-14)26(29)30/h2-9,22,27H,10-11H2,1H3. The van der Waals surface area contributed by atoms with Gasteiger partial charge in [0.25, 0.3) is 5.69 Å². The largest absolute Gasteiger partial charge is 0.390 e. The van der Waals surface area contributed by atoms with Crippen LogP contribution in [0.25, 0.3) is 11.4 Å². The quantitative estimate of drug-likeness (QED) is 0.382. The van der Waals surface area contributed by atoms with Gasteiger partial charge in [0.1, 0.15) is 5.82 Å². The van der Waals surface area contributed by atoms with E-state index in [0.717, 1.165) is 5.56 Å². The number of nitrogens with one attached hydrogen (secondary N) is 1. The molecule has 0 fully saturated rings. The summed E-state index contributed by atoms with van der Waals surface area (Å²) in [4.78, 5) is 33.8. The summed E-state index contributed by atoms with van der Waals surface area (Å²) in [5, 5.41) is 28.8. The molecule has 9 heteroatoms. The number of hydrogen-bond acceptors (Lipinski definition) is 7. The highest BCUT2D eigenvalue weighted by atomic mass is 16.6. The van der Waals surface area contributed by atoms with Gasteiger partial charge in [0.05, 0.1) is 35.0 Å². The Balaban J connectivity index is 1.92. The van der Waals surface area contributed by atoms with Crippen LogP contribution < -0.4 is 4.90 Å². The Hall–Kier alpha value is -3.98. The van der Waals surface area contributed by atoms with Crippen molar-refractivity contribution in [1.82, 2.24) is 9.97 Å². The Labute approximate surface area is 171 Å². The van der Waals surface area contributed by atoms with Gasteiger partial charge in [-0.2, -0.15) is 0 Å². The van der Waals surface area contributed by atoms with Gasteiger partial charge in [0.2, 0.25) is 5.91 Å². The fourth-order valence-corrected chi connectivity index (χ4v) is 3.34. The minimum absolute atomic E-state index is 0.0656. The zero-order valence-corrected chi connectivity index (χ0v) is 16.0. The van der Waals surface area contributed by atoms with Crippen molar-refractivity contribution in [2.75, 3.05) is 11.5 Å². The molecule has 3 aromatic rings. The van der Waals surface area contributed by atoms with Crippen molar-refractivity contribution in [2.24, 2.45) is 0 Å². The first-order valence-electron chi connectivity index (χ1n) is 9.13. The Morgan fingerprint density at radius 1 is 1.23 bits per heavy atom. The lowest BCUT2D eigenvalue weighted by molar-refractivity contribution is -0.384. The van der Waals surface area contributed by atoms with Gasteiger partial charge in [0.15, 0.2) is 5.82 Å². The van der Waals surface area contributed by atoms with Crippen LogP contribution >= 0.6 is 0 Å². The van der Waals surface area contributed by atoms with Gasteiger partial charge >= 0.3 is 0 Å². The number of aliphatic hydroxyl groups excluding tert-OH is 1. The number of carbonyl (C=O) groups excluding carboxylic acids is 1. The third-order valence-electron chi connectivity index (χ3n) is 4.83. The summed E-state index contributed by atoms with van der Waals surface area (Å²) in [7, 11) is 0. The lowest BCUT2D eigenvalue weighted by atomic mass is 10.1. The number of aromatic nitrogens is 2. The van der Waals surface area contributed by atoms with Gasteiger partial charge in [-0.3, -0.25) is 19.8 Å². The first kappa shape index (κ1) is 19.3. The molecule has 30 heavy (non-hydrogen) atoms. The number of anilines is 2. The minimum Gasteiger partial charge on any atom is -0.390 e. The fourth-order valence-electron chi connectivity index (χ4n) is 3.34. The van der Waals surface area contributed by atoms with Crippen LogP contribution in [0.1, 0.15) is 16.8 Å². The molecule has 9 nitrogen and oxygen atoms in total. The van der Waals surface area contributed by atoms with E-state index in [1.807, 2.05) is 31.2 Å². The molecular formula is C21H17N5O4. The monoisotopic (exact) mass is 403 g/mol. The normalized spacial score (nSPS) is 12.7. The van der Waals surface area contributed by atoms with Crippen LogP contribution in [-0.4, -0.2) is 38.2 Å². The number of rotatable bonds is 5. The third-order valence-corrected chi connectivity index (χ3v) is 4.83. The summed E-state index contributed by atoms with van der Waals surface area (Å²) < 4.78 is 0. The number of nitrogens with zero attached hydrogens (tertiary/aromatic N) is 4. The van der Waals surface area contributed by atoms with Crippen molar-refractivity contribution in [3.8, 4) is 11.4 Å². The Bertz CT molecular complexity index is 1190. The van der Waals surface area contributed by atoms with Crippen molar-refractivity contribution in [2.45, 2.75) is 13.3 Å². The van der Waals surface area contributed by atoms with Crippen molar-refractivity contribution in [1.29, 1.82) is 5.41 Å². The van der Waals surface area contributed by atoms with Gasteiger partial charge in [-0.25, -0.2) is 9.97 Å². The lowest BCUT2D eigenvalue weighted by Crippen LogP contribution is -2.21. The second kappa shape index (κ2) is 7.45. The average Bonchev–Trinajstić information content (AvgIpc) is 3.08. The Morgan fingerprint density at radius 3 is 2.63 bits per heavy atom. The maximum absolute atomic E-state index is 12.8. The molecule has 1 aliphatic rings. The minimum atomic E-state index is -0.540. The number of non-ortho nitro benzene ring substituents is 1. The summed E-state index contributed by atoms with van der Waals surface area (Å²) in [6.45, 7) is 1.41. The van der Waals surface area contributed by atoms with Crippen LogP contribution in [0.5, 0.6) is 0 Å². The molecule has 0 saturated carbocycles. The lowest BCUT2D eigenvalue weighted by Gasteiger charge is -2.18. The molecule has 0 atom stereocenters. The molecule has 1 aromatic heterocycles. The van der Waals surface area contributed by atoms with E-state index in [2.05, 4.69) is 9.97 Å². The van der Waals surface area contributed by atoms with E-state index < -0.39 is 11.5 Å². The molecule has 2 N–H and O–H groups in total. The second-order valence-corrected chi connectivity index (χ2v) is 6.88. The zero-order chi connectivity index (χ0) is 21.4. The number of aryl methyl sites for hydroxylation is 1. The number of carbonyl (C=O) groups is 1. The number of aliphatic hydroxyl groups is 1. The van der Waals surface area contributed by atoms with Crippen molar-refractivity contribution in [3.63, 3.8) is 0 Å². The van der Waals surface area contributed by atoms with Crippen LogP contribution in [-0.2, 0) is 11.2 Å². The molecule has 0 aliphatic carbocycles. The van der Waals surface area contributed by atoms with E-state index >= 15 is 0 Å². The van der Waals surface area contributed by atoms with E-state index in [0.29, 0.717) is 22.6 Å². The van der Waals surface area contributed by atoms with Crippen molar-refractivity contribution >= 4 is 28.8 Å². The molecule has 1 amide bonds. The molecule has 2 heterocycles. The van der Waals surface area contributed by atoms with Crippen LogP contribution in [0.4, 0.5) is 17.2 Å². The van der Waals surface area contributed by atoms with Crippen molar-refractivity contribution < 1.29 is 14.8 Å². The van der Waals surface area contributed by atoms with E-state index in [1.54, 1.807) is 6.07 Å². The molecule has 0 spiro atoms. The van der Waals surface area contributed by atoms with E-state index in [4.69, 9.17) is 5.41 Å². The molecule has 0 saturated heterocycles. The number of benzene rings is 2. The number of amides is 1. The Morgan fingerprint density at radius 2 is 1.97 bits per heavy atom. The van der Waals surface area contributed by atoms with E-state index in [-0.39, 0.29) is 35.2 Å². The Kier molecular flexibility index (Phi) is 4.80. The average molecular weight is 403 g/mol. The second-order valence-electron chi connectivity index (χ2n) is 6.88. The number of fused-ring (bicyclic) bond motifs is 1. The maximum atomic E-state index is 12.8. The zero-order valence-electron chi connectivity index (χ0n) is 16.0. The van der Waals surface area contributed by atoms with Crippen molar-refractivity contribution in [3.05, 3.63) is 75.5 Å². The molecule has 1 aliphatic heterocycles. The van der Waals surface area contributed by atoms with Gasteiger partial charge in [-0.15, -0.1) is 0 Å². The summed E-state index contributed by atoms with van der Waals surface area (Å²) in [6.07, 6.45) is -0.0656. The molecule has 0 bridgehead atoms. The van der Waals surface area contributed by atoms with Gasteiger partial charge in [-0.1, -0.05) is 35.9 Å². The summed E-state index contributed by atoms with van der Waals surface area (Å²) in [5.41, 5.74) is 2.38. The van der Waals surface area contributed by atoms with Crippen LogP contribution in [0.2, 0.25) is 0 Å². The molecular weight excluding hydrogens is 386 g/mol. The fraction of sp³-hybridized carbons (Fsp3) is 0.143. The van der Waals surface area contributed by atoms with Crippen LogP contribution in [0.15, 0.2) is 48.5 Å². The predicted molar refractivity (Wildman–Crippen MR) is 110 cm³/mol. The molecule has 0 unspecified atom stereocenters. The smallest absolute Gasteiger partial charge is 0.271 e. The summed E-state index contributed by atoms with van der Waals surface area (Å²) in [6, 6.07) is 13.2. The van der Waals surface area contributed by atoms with Gasteiger partial charge in [0, 0.05) is 23.3 Å². The SMILES string of the molecule is Cc1ccc(-c2nc(C(=N)CO)c3c(n2)N(c2cccc([N+](=O)[O-])c2)C(=O)C3)cc1. The highest BCUT2D eigenvalue weighted by Gasteiger charge is 2.35. The molecule has 2 aromatic carbocycles. The predicted octanol–water partition coefficient (Wildman–Crippen LogP) is 2.94. The molecule has 4 rings (SSSR count). The molecule has 0 radical (unpaired) electrons. The topological polar surface area (TPSA) is 133 Å². The van der Waals surface area contributed by atoms with Gasteiger partial charge in [-0.05, 0) is 13.0 Å². The first-order chi connectivity index (χ1) is 14.4. The third kappa shape index (κ3) is 3.31. The number of nitro groups is 1. The van der Waals surface area contributed by atoms with Crippen LogP contribution in [0.3, 0.4) is 0 Å². The summed E-state index contributed by atoms with van der Waals surface area (Å²) in [5.74, 6) is 0.221. The van der Waals surface area contributed by atoms with Crippen LogP contribution in [0, 0.1) is 22.4 Å². The number of nitro benzene ring substituents is 1. The highest BCUT2D eigenvalue weighted by Crippen LogP contribution is 2.37. The first-order valence-corrected chi connectivity index (χ1v) is 9.13. The molecule has 150 valence electrons. The highest BCUT2D eigenvalue weighted by molar-refractivity contribution is 6.10. The maximum Gasteiger partial charge on any atom is 0.271 e. The van der Waals surface area contributed by atoms with E-state index in [9.17, 15) is 20.0 Å². The van der Waals surface area contributed by atoms with E-state index in [1.165, 1.54) is 23.1 Å². The summed E-state index contributed by atoms with van der Waals surface area (Å²) >= 11 is 0.